The molecule has 9 heteroatoms. The fraction of sp³-hybridized carbons (Fsp3) is 0.571. The molecule has 0 saturated carbocycles. The number of hydrogen-bond acceptors (Lipinski definition) is 6. The minimum absolute atomic E-state index is 0.0254. The van der Waals surface area contributed by atoms with Crippen LogP contribution in [-0.2, 0) is 35.1 Å². The molecule has 0 bridgehead atoms. The van der Waals surface area contributed by atoms with Crippen LogP contribution >= 0.6 is 7.37 Å². The number of hydrogen-bond donors (Lipinski definition) is 1. The Bertz CT molecular complexity index is 1420. The van der Waals surface area contributed by atoms with E-state index in [2.05, 4.69) is 24.5 Å². The topological polar surface area (TPSA) is 98.8 Å². The largest absolute Gasteiger partial charge is 0.460 e. The second-order valence-corrected chi connectivity index (χ2v) is 17.6. The Balaban J connectivity index is 2.77. The molecule has 0 radical (unpaired) electrons. The van der Waals surface area contributed by atoms with Gasteiger partial charge in [0.05, 0.1) is 17.4 Å². The molecule has 2 rings (SSSR count). The van der Waals surface area contributed by atoms with Crippen LogP contribution in [0.15, 0.2) is 47.4 Å². The molecule has 2 aromatic rings. The van der Waals surface area contributed by atoms with E-state index in [0.717, 1.165) is 11.1 Å². The maximum atomic E-state index is 14.9. The first kappa shape index (κ1) is 37.8. The highest BCUT2D eigenvalue weighted by molar-refractivity contribution is 7.90. The first-order valence-electron chi connectivity index (χ1n) is 15.5. The summed E-state index contributed by atoms with van der Waals surface area (Å²) in [5.41, 5.74) is 2.46. The summed E-state index contributed by atoms with van der Waals surface area (Å²) in [4.78, 5) is 13.4. The minimum atomic E-state index is -4.23. The monoisotopic (exact) mass is 645 g/mol. The van der Waals surface area contributed by atoms with E-state index in [0.29, 0.717) is 11.1 Å². The Labute approximate surface area is 266 Å². The van der Waals surface area contributed by atoms with Crippen molar-refractivity contribution >= 4 is 23.4 Å². The fourth-order valence-corrected chi connectivity index (χ4v) is 10.3. The Morgan fingerprint density at radius 2 is 1.52 bits per heavy atom. The molecule has 7 nitrogen and oxygen atoms in total. The lowest BCUT2D eigenvalue weighted by atomic mass is 9.89. The predicted molar refractivity (Wildman–Crippen MR) is 180 cm³/mol. The van der Waals surface area contributed by atoms with Crippen LogP contribution in [0.3, 0.4) is 0 Å². The van der Waals surface area contributed by atoms with Crippen LogP contribution in [0, 0.1) is 18.3 Å². The molecular weight excluding hydrogens is 593 g/mol. The lowest BCUT2D eigenvalue weighted by molar-refractivity contribution is -0.159. The van der Waals surface area contributed by atoms with Crippen molar-refractivity contribution in [3.05, 3.63) is 64.7 Å². The highest BCUT2D eigenvalue weighted by Gasteiger charge is 2.42. The molecular formula is C35H52NO6PS. The van der Waals surface area contributed by atoms with Gasteiger partial charge < -0.3 is 9.26 Å². The molecule has 0 amide bonds. The molecule has 0 aliphatic carbocycles. The molecule has 2 aromatic carbocycles. The van der Waals surface area contributed by atoms with Crippen molar-refractivity contribution in [1.29, 1.82) is 0 Å². The average molecular weight is 646 g/mol. The van der Waals surface area contributed by atoms with E-state index in [9.17, 15) is 17.8 Å². The highest BCUT2D eigenvalue weighted by Crippen LogP contribution is 2.54. The van der Waals surface area contributed by atoms with Crippen molar-refractivity contribution in [3.8, 4) is 12.3 Å². The van der Waals surface area contributed by atoms with Gasteiger partial charge in [-0.3, -0.25) is 9.36 Å². The third-order valence-electron chi connectivity index (χ3n) is 7.31. The van der Waals surface area contributed by atoms with E-state index in [-0.39, 0.29) is 48.3 Å². The van der Waals surface area contributed by atoms with Gasteiger partial charge in [-0.25, -0.2) is 8.42 Å². The lowest BCUT2D eigenvalue weighted by Gasteiger charge is -2.32. The number of sulfonamides is 1. The molecule has 0 spiro atoms. The Morgan fingerprint density at radius 1 is 0.977 bits per heavy atom. The van der Waals surface area contributed by atoms with Gasteiger partial charge in [0.25, 0.3) is 0 Å². The summed E-state index contributed by atoms with van der Waals surface area (Å²) in [6.45, 7) is 19.0. The van der Waals surface area contributed by atoms with Gasteiger partial charge in [0, 0.05) is 12.6 Å². The van der Waals surface area contributed by atoms with Crippen LogP contribution in [0.2, 0.25) is 0 Å². The van der Waals surface area contributed by atoms with Gasteiger partial charge in [-0.2, -0.15) is 4.72 Å². The zero-order chi connectivity index (χ0) is 33.5. The number of esters is 1. The summed E-state index contributed by atoms with van der Waals surface area (Å²) >= 11 is 0. The Morgan fingerprint density at radius 3 is 1.95 bits per heavy atom. The van der Waals surface area contributed by atoms with E-state index in [1.807, 2.05) is 70.2 Å². The normalized spacial score (nSPS) is 15.2. The smallest absolute Gasteiger partial charge is 0.310 e. The summed E-state index contributed by atoms with van der Waals surface area (Å²) in [5.74, 6) is -0.165. The van der Waals surface area contributed by atoms with Gasteiger partial charge in [-0.05, 0) is 74.1 Å². The Kier molecular flexibility index (Phi) is 13.5. The average Bonchev–Trinajstić information content (AvgIpc) is 2.91. The van der Waals surface area contributed by atoms with Gasteiger partial charge >= 0.3 is 5.97 Å². The molecule has 3 atom stereocenters. The highest BCUT2D eigenvalue weighted by atomic mass is 32.2. The van der Waals surface area contributed by atoms with E-state index < -0.39 is 40.7 Å². The van der Waals surface area contributed by atoms with E-state index in [1.165, 1.54) is 0 Å². The van der Waals surface area contributed by atoms with Crippen LogP contribution in [0.1, 0.15) is 116 Å². The number of rotatable bonds is 15. The number of ether oxygens (including phenoxy) is 1. The van der Waals surface area contributed by atoms with Crippen LogP contribution in [0.25, 0.3) is 0 Å². The zero-order valence-electron chi connectivity index (χ0n) is 28.1. The van der Waals surface area contributed by atoms with Crippen LogP contribution in [0.4, 0.5) is 0 Å². The van der Waals surface area contributed by atoms with Gasteiger partial charge in [-0.1, -0.05) is 84.0 Å². The number of carbonyl (C=O) groups is 1. The van der Waals surface area contributed by atoms with Crippen molar-refractivity contribution in [2.24, 2.45) is 5.92 Å². The Hall–Kier alpha value is -2.43. The van der Waals surface area contributed by atoms with Crippen LogP contribution < -0.4 is 4.72 Å². The summed E-state index contributed by atoms with van der Waals surface area (Å²) in [7, 11) is -8.14. The first-order valence-corrected chi connectivity index (χ1v) is 18.8. The number of nitrogens with one attached hydrogen (secondary N) is 1. The van der Waals surface area contributed by atoms with E-state index in [1.54, 1.807) is 27.7 Å². The molecule has 0 aliphatic heterocycles. The lowest BCUT2D eigenvalue weighted by Crippen LogP contribution is -2.40. The number of carbonyl (C=O) groups excluding carboxylic acids is 1. The fourth-order valence-electron chi connectivity index (χ4n) is 5.08. The minimum Gasteiger partial charge on any atom is -0.460 e. The molecule has 0 aromatic heterocycles. The molecule has 244 valence electrons. The third-order valence-corrected chi connectivity index (χ3v) is 12.0. The second-order valence-electron chi connectivity index (χ2n) is 13.3. The van der Waals surface area contributed by atoms with Crippen molar-refractivity contribution in [1.82, 2.24) is 4.72 Å². The molecule has 1 unspecified atom stereocenters. The molecule has 0 saturated heterocycles. The van der Waals surface area contributed by atoms with Gasteiger partial charge in [-0.15, -0.1) is 12.3 Å². The first-order chi connectivity index (χ1) is 20.3. The third kappa shape index (κ3) is 10.3. The van der Waals surface area contributed by atoms with Crippen molar-refractivity contribution in [2.45, 2.75) is 116 Å². The van der Waals surface area contributed by atoms with E-state index in [4.69, 9.17) is 15.7 Å². The van der Waals surface area contributed by atoms with Crippen LogP contribution in [0.5, 0.6) is 0 Å². The molecule has 0 aliphatic rings. The number of benzene rings is 2. The SMILES string of the molecule is C#CC[C@H](CP(=O)(OCC)[C@H](Cc1ccccc1)NS(=O)(=O)c1c(C(C)C)cc(C(C)C)cc1C(C)C)C(=O)OC(C)(C)C. The van der Waals surface area contributed by atoms with Gasteiger partial charge in [0.1, 0.15) is 11.4 Å². The summed E-state index contributed by atoms with van der Waals surface area (Å²) < 4.78 is 58.4. The van der Waals surface area contributed by atoms with Crippen molar-refractivity contribution in [3.63, 3.8) is 0 Å². The van der Waals surface area contributed by atoms with Crippen molar-refractivity contribution < 1.29 is 27.0 Å². The summed E-state index contributed by atoms with van der Waals surface area (Å²) in [6.07, 6.45) is 5.43. The molecule has 1 N–H and O–H groups in total. The quantitative estimate of drug-likeness (QED) is 0.119. The van der Waals surface area contributed by atoms with Gasteiger partial charge in [0.2, 0.25) is 17.4 Å². The zero-order valence-corrected chi connectivity index (χ0v) is 29.8. The van der Waals surface area contributed by atoms with E-state index >= 15 is 0 Å². The molecule has 44 heavy (non-hydrogen) atoms. The van der Waals surface area contributed by atoms with Crippen LogP contribution in [-0.4, -0.2) is 38.5 Å². The maximum absolute atomic E-state index is 14.9. The molecule has 0 heterocycles. The summed E-state index contributed by atoms with van der Waals surface area (Å²) in [6, 6.07) is 13.2. The maximum Gasteiger partial charge on any atom is 0.310 e. The predicted octanol–water partition coefficient (Wildman–Crippen LogP) is 8.20. The van der Waals surface area contributed by atoms with Gasteiger partial charge in [0.15, 0.2) is 0 Å². The molecule has 0 fully saturated rings. The second kappa shape index (κ2) is 15.7. The summed E-state index contributed by atoms with van der Waals surface area (Å²) in [5, 5.41) is 0. The number of terminal acetylenes is 1. The van der Waals surface area contributed by atoms with Crippen molar-refractivity contribution in [2.75, 3.05) is 12.8 Å². The standard InChI is InChI=1S/C35H52NO6PS/c1-12-17-28(34(37)42-35(9,10)11)23-43(38,41-13-2)32(20-27-18-15-14-16-19-27)36-44(39,40)33-30(25(5)6)21-29(24(3)4)22-31(33)26(7)8/h1,14-16,18-19,21-22,24-26,28,32,36H,13,17,20,23H2,2-11H3/t28-,32-,43?/m1/s1.